The number of fused-ring (bicyclic) bond motifs is 2. The third-order valence-electron chi connectivity index (χ3n) is 6.14. The van der Waals surface area contributed by atoms with E-state index in [2.05, 4.69) is 6.07 Å². The average Bonchev–Trinajstić information content (AvgIpc) is 3.18. The first-order valence-electron chi connectivity index (χ1n) is 10.3. The van der Waals surface area contributed by atoms with Crippen LogP contribution in [0.3, 0.4) is 0 Å². The Morgan fingerprint density at radius 2 is 1.57 bits per heavy atom. The zero-order valence-electron chi connectivity index (χ0n) is 16.9. The maximum Gasteiger partial charge on any atom is 0.243 e. The summed E-state index contributed by atoms with van der Waals surface area (Å²) in [5.74, 6) is 0.165. The molecule has 1 heterocycles. The molecule has 0 unspecified atom stereocenters. The standard InChI is InChI=1S/C25H23NO3S/c1-17-10-12-21(13-11-17)30(28,29)26-15-20-14-19-8-5-9-23(27)25(19)24(22(20)16-26)18-6-3-2-4-7-18/h2-4,6-7,10-14H,5,8-9,15-16H2,1H3. The molecule has 0 radical (unpaired) electrons. The van der Waals surface area contributed by atoms with E-state index in [-0.39, 0.29) is 12.3 Å². The number of sulfonamides is 1. The molecule has 0 aromatic heterocycles. The summed E-state index contributed by atoms with van der Waals surface area (Å²) in [6.07, 6.45) is 2.26. The lowest BCUT2D eigenvalue weighted by atomic mass is 9.81. The van der Waals surface area contributed by atoms with E-state index in [0.29, 0.717) is 17.9 Å². The Hall–Kier alpha value is -2.76. The van der Waals surface area contributed by atoms with Gasteiger partial charge in [-0.05, 0) is 59.7 Å². The number of nitrogens with zero attached hydrogens (tertiary/aromatic N) is 1. The molecule has 4 nitrogen and oxygen atoms in total. The van der Waals surface area contributed by atoms with Crippen molar-refractivity contribution in [1.29, 1.82) is 0 Å². The smallest absolute Gasteiger partial charge is 0.243 e. The van der Waals surface area contributed by atoms with Crippen LogP contribution >= 0.6 is 0 Å². The van der Waals surface area contributed by atoms with Crippen molar-refractivity contribution in [2.45, 2.75) is 44.2 Å². The summed E-state index contributed by atoms with van der Waals surface area (Å²) < 4.78 is 28.1. The highest BCUT2D eigenvalue weighted by Crippen LogP contribution is 2.41. The maximum atomic E-state index is 13.3. The second-order valence-corrected chi connectivity index (χ2v) is 10.1. The molecular formula is C25H23NO3S. The van der Waals surface area contributed by atoms with E-state index in [4.69, 9.17) is 0 Å². The number of carbonyl (C=O) groups excluding carboxylic acids is 1. The van der Waals surface area contributed by atoms with Crippen LogP contribution < -0.4 is 0 Å². The fourth-order valence-electron chi connectivity index (χ4n) is 4.62. The van der Waals surface area contributed by atoms with Crippen molar-refractivity contribution >= 4 is 15.8 Å². The summed E-state index contributed by atoms with van der Waals surface area (Å²) in [5, 5.41) is 0. The first-order chi connectivity index (χ1) is 14.4. The van der Waals surface area contributed by atoms with Gasteiger partial charge in [-0.3, -0.25) is 4.79 Å². The Labute approximate surface area is 177 Å². The molecule has 1 aliphatic carbocycles. The number of Topliss-reactive ketones (excluding diaryl/α,β-unsaturated/α-hetero) is 1. The van der Waals surface area contributed by atoms with Gasteiger partial charge in [0.2, 0.25) is 10.0 Å². The second kappa shape index (κ2) is 7.18. The van der Waals surface area contributed by atoms with Crippen LogP contribution in [-0.4, -0.2) is 18.5 Å². The van der Waals surface area contributed by atoms with Crippen LogP contribution in [0.25, 0.3) is 11.1 Å². The molecule has 3 aromatic carbocycles. The van der Waals surface area contributed by atoms with Crippen molar-refractivity contribution in [2.75, 3.05) is 0 Å². The highest BCUT2D eigenvalue weighted by atomic mass is 32.2. The molecule has 2 aliphatic rings. The highest BCUT2D eigenvalue weighted by Gasteiger charge is 2.35. The van der Waals surface area contributed by atoms with Crippen LogP contribution in [0.15, 0.2) is 65.6 Å². The molecule has 0 N–H and O–H groups in total. The number of hydrogen-bond donors (Lipinski definition) is 0. The normalized spacial score (nSPS) is 16.4. The van der Waals surface area contributed by atoms with Crippen LogP contribution in [0.5, 0.6) is 0 Å². The number of aryl methyl sites for hydroxylation is 2. The van der Waals surface area contributed by atoms with Gasteiger partial charge in [-0.15, -0.1) is 0 Å². The minimum atomic E-state index is -3.61. The lowest BCUT2D eigenvalue weighted by molar-refractivity contribution is 0.0973. The lowest BCUT2D eigenvalue weighted by Gasteiger charge is -2.22. The van der Waals surface area contributed by atoms with Gasteiger partial charge in [0, 0.05) is 25.1 Å². The third-order valence-corrected chi connectivity index (χ3v) is 7.95. The van der Waals surface area contributed by atoms with E-state index in [1.807, 2.05) is 49.4 Å². The van der Waals surface area contributed by atoms with Crippen LogP contribution in [0.2, 0.25) is 0 Å². The number of ketones is 1. The molecule has 0 saturated carbocycles. The van der Waals surface area contributed by atoms with Crippen molar-refractivity contribution < 1.29 is 13.2 Å². The summed E-state index contributed by atoms with van der Waals surface area (Å²) in [4.78, 5) is 13.2. The first kappa shape index (κ1) is 19.2. The van der Waals surface area contributed by atoms with Gasteiger partial charge in [-0.1, -0.05) is 54.1 Å². The van der Waals surface area contributed by atoms with Gasteiger partial charge < -0.3 is 0 Å². The van der Waals surface area contributed by atoms with Crippen LogP contribution in [0.1, 0.15) is 45.5 Å². The summed E-state index contributed by atoms with van der Waals surface area (Å²) in [5.41, 5.74) is 6.75. The van der Waals surface area contributed by atoms with Gasteiger partial charge in [0.15, 0.2) is 5.78 Å². The molecule has 30 heavy (non-hydrogen) atoms. The van der Waals surface area contributed by atoms with Crippen LogP contribution in [0.4, 0.5) is 0 Å². The number of benzene rings is 3. The van der Waals surface area contributed by atoms with Crippen molar-refractivity contribution in [2.24, 2.45) is 0 Å². The van der Waals surface area contributed by atoms with E-state index in [9.17, 15) is 13.2 Å². The van der Waals surface area contributed by atoms with Gasteiger partial charge in [0.05, 0.1) is 4.90 Å². The van der Waals surface area contributed by atoms with Crippen LogP contribution in [0, 0.1) is 6.92 Å². The largest absolute Gasteiger partial charge is 0.294 e. The molecule has 0 saturated heterocycles. The summed E-state index contributed by atoms with van der Waals surface area (Å²) in [7, 11) is -3.61. The fraction of sp³-hybridized carbons (Fsp3) is 0.240. The molecule has 0 spiro atoms. The van der Waals surface area contributed by atoms with Gasteiger partial charge in [0.1, 0.15) is 0 Å². The molecule has 0 atom stereocenters. The van der Waals surface area contributed by atoms with E-state index in [1.54, 1.807) is 12.1 Å². The van der Waals surface area contributed by atoms with Gasteiger partial charge in [-0.25, -0.2) is 8.42 Å². The predicted octanol–water partition coefficient (Wildman–Crippen LogP) is 4.89. The number of carbonyl (C=O) groups is 1. The average molecular weight is 418 g/mol. The minimum absolute atomic E-state index is 0.165. The van der Waals surface area contributed by atoms with E-state index in [1.165, 1.54) is 4.31 Å². The Morgan fingerprint density at radius 1 is 0.833 bits per heavy atom. The Kier molecular flexibility index (Phi) is 4.60. The van der Waals surface area contributed by atoms with Crippen molar-refractivity contribution in [1.82, 2.24) is 4.31 Å². The molecule has 152 valence electrons. The second-order valence-electron chi connectivity index (χ2n) is 8.15. The monoisotopic (exact) mass is 417 g/mol. The zero-order chi connectivity index (χ0) is 20.9. The Bertz CT molecular complexity index is 1250. The zero-order valence-corrected chi connectivity index (χ0v) is 17.7. The SMILES string of the molecule is Cc1ccc(S(=O)(=O)N2Cc3cc4c(c(-c5ccccc5)c3C2)C(=O)CCC4)cc1. The first-order valence-corrected chi connectivity index (χ1v) is 11.7. The molecule has 5 rings (SSSR count). The summed E-state index contributed by atoms with van der Waals surface area (Å²) >= 11 is 0. The highest BCUT2D eigenvalue weighted by molar-refractivity contribution is 7.89. The molecular weight excluding hydrogens is 394 g/mol. The van der Waals surface area contributed by atoms with E-state index < -0.39 is 10.0 Å². The molecule has 0 fully saturated rings. The van der Waals surface area contributed by atoms with E-state index >= 15 is 0 Å². The molecule has 0 bridgehead atoms. The quantitative estimate of drug-likeness (QED) is 0.610. The predicted molar refractivity (Wildman–Crippen MR) is 117 cm³/mol. The molecule has 5 heteroatoms. The van der Waals surface area contributed by atoms with Gasteiger partial charge in [-0.2, -0.15) is 4.31 Å². The molecule has 1 aliphatic heterocycles. The van der Waals surface area contributed by atoms with E-state index in [0.717, 1.165) is 51.8 Å². The Balaban J connectivity index is 1.64. The van der Waals surface area contributed by atoms with Crippen molar-refractivity contribution in [3.05, 3.63) is 88.5 Å². The van der Waals surface area contributed by atoms with Crippen molar-refractivity contribution in [3.8, 4) is 11.1 Å². The molecule has 0 amide bonds. The Morgan fingerprint density at radius 3 is 2.30 bits per heavy atom. The van der Waals surface area contributed by atoms with Crippen molar-refractivity contribution in [3.63, 3.8) is 0 Å². The van der Waals surface area contributed by atoms with Gasteiger partial charge >= 0.3 is 0 Å². The number of hydrogen-bond acceptors (Lipinski definition) is 3. The summed E-state index contributed by atoms with van der Waals surface area (Å²) in [6, 6.07) is 18.9. The maximum absolute atomic E-state index is 13.3. The lowest BCUT2D eigenvalue weighted by Crippen LogP contribution is -2.25. The minimum Gasteiger partial charge on any atom is -0.294 e. The topological polar surface area (TPSA) is 54.5 Å². The number of rotatable bonds is 3. The summed E-state index contributed by atoms with van der Waals surface area (Å²) in [6.45, 7) is 2.57. The third kappa shape index (κ3) is 3.09. The molecule has 3 aromatic rings. The fourth-order valence-corrected chi connectivity index (χ4v) is 6.00. The van der Waals surface area contributed by atoms with Crippen LogP contribution in [-0.2, 0) is 29.5 Å². The van der Waals surface area contributed by atoms with Gasteiger partial charge in [0.25, 0.3) is 0 Å².